The summed E-state index contributed by atoms with van der Waals surface area (Å²) in [7, 11) is 1.46. The molecule has 0 aliphatic rings. The maximum absolute atomic E-state index is 13.1. The quantitative estimate of drug-likeness (QED) is 0.316. The number of hydrogen-bond donors (Lipinski definition) is 0. The summed E-state index contributed by atoms with van der Waals surface area (Å²) < 4.78 is 24.7. The van der Waals surface area contributed by atoms with E-state index in [-0.39, 0.29) is 16.8 Å². The largest absolute Gasteiger partial charge is 0.496 e. The van der Waals surface area contributed by atoms with Crippen LogP contribution in [-0.2, 0) is 9.53 Å². The third-order valence-corrected chi connectivity index (χ3v) is 4.62. The van der Waals surface area contributed by atoms with Gasteiger partial charge in [-0.05, 0) is 49.4 Å². The van der Waals surface area contributed by atoms with Crippen LogP contribution in [-0.4, -0.2) is 35.2 Å². The van der Waals surface area contributed by atoms with Crippen molar-refractivity contribution in [3.05, 3.63) is 82.4 Å². The van der Waals surface area contributed by atoms with Gasteiger partial charge in [-0.15, -0.1) is 0 Å². The molecule has 154 valence electrons. The number of aryl methyl sites for hydroxylation is 1. The molecule has 6 nitrogen and oxygen atoms in total. The summed E-state index contributed by atoms with van der Waals surface area (Å²) in [5.41, 5.74) is 1.98. The number of Topliss-reactive ketones (excluding diaryl/α,β-unsaturated/α-hetero) is 1. The van der Waals surface area contributed by atoms with E-state index in [1.807, 2.05) is 0 Å². The second-order valence-electron chi connectivity index (χ2n) is 6.24. The van der Waals surface area contributed by atoms with Crippen LogP contribution in [0, 0.1) is 12.7 Å². The third-order valence-electron chi connectivity index (χ3n) is 4.26. The molecule has 3 aromatic rings. The number of halogens is 2. The lowest BCUT2D eigenvalue weighted by Crippen LogP contribution is -2.13. The molecule has 0 atom stereocenters. The number of hydrogen-bond acceptors (Lipinski definition) is 5. The van der Waals surface area contributed by atoms with E-state index in [2.05, 4.69) is 5.10 Å². The molecule has 1 aromatic heterocycles. The fourth-order valence-corrected chi connectivity index (χ4v) is 3.08. The number of para-hydroxylation sites is 1. The molecule has 3 rings (SSSR count). The summed E-state index contributed by atoms with van der Waals surface area (Å²) in [5.74, 6) is -1.05. The molecule has 0 aliphatic carbocycles. The number of aromatic nitrogens is 2. The average molecular weight is 429 g/mol. The van der Waals surface area contributed by atoms with E-state index < -0.39 is 12.6 Å². The van der Waals surface area contributed by atoms with Crippen molar-refractivity contribution in [2.75, 3.05) is 13.7 Å². The third kappa shape index (κ3) is 4.75. The van der Waals surface area contributed by atoms with Crippen molar-refractivity contribution in [1.82, 2.24) is 9.78 Å². The molecule has 0 bridgehead atoms. The summed E-state index contributed by atoms with van der Waals surface area (Å²) in [6, 6.07) is 12.4. The molecule has 0 aliphatic heterocycles. The van der Waals surface area contributed by atoms with Gasteiger partial charge in [-0.1, -0.05) is 23.7 Å². The fourth-order valence-electron chi connectivity index (χ4n) is 2.74. The van der Waals surface area contributed by atoms with Crippen molar-refractivity contribution in [3.63, 3.8) is 0 Å². The van der Waals surface area contributed by atoms with Crippen LogP contribution in [0.4, 0.5) is 4.39 Å². The molecule has 0 fully saturated rings. The van der Waals surface area contributed by atoms with Crippen LogP contribution in [0.2, 0.25) is 5.15 Å². The number of carbonyl (C=O) groups excluding carboxylic acids is 2. The zero-order chi connectivity index (χ0) is 21.7. The van der Waals surface area contributed by atoms with Crippen molar-refractivity contribution in [2.45, 2.75) is 6.92 Å². The highest BCUT2D eigenvalue weighted by molar-refractivity contribution is 6.31. The molecule has 0 saturated heterocycles. The Balaban J connectivity index is 1.68. The monoisotopic (exact) mass is 428 g/mol. The minimum Gasteiger partial charge on any atom is -0.496 e. The Labute approximate surface area is 177 Å². The molecule has 0 spiro atoms. The highest BCUT2D eigenvalue weighted by atomic mass is 35.5. The number of benzene rings is 2. The molecule has 2 aromatic carbocycles. The Morgan fingerprint density at radius 3 is 2.57 bits per heavy atom. The topological polar surface area (TPSA) is 70.4 Å². The average Bonchev–Trinajstić information content (AvgIpc) is 3.04. The number of esters is 1. The zero-order valence-electron chi connectivity index (χ0n) is 16.3. The van der Waals surface area contributed by atoms with E-state index in [0.29, 0.717) is 28.3 Å². The smallest absolute Gasteiger partial charge is 0.331 e. The van der Waals surface area contributed by atoms with Crippen molar-refractivity contribution < 1.29 is 23.5 Å². The van der Waals surface area contributed by atoms with Crippen LogP contribution in [0.3, 0.4) is 0 Å². The first-order valence-electron chi connectivity index (χ1n) is 8.93. The van der Waals surface area contributed by atoms with Gasteiger partial charge in [0.05, 0.1) is 24.1 Å². The molecule has 8 heteroatoms. The van der Waals surface area contributed by atoms with Crippen LogP contribution in [0.5, 0.6) is 5.75 Å². The van der Waals surface area contributed by atoms with Gasteiger partial charge in [-0.2, -0.15) is 5.10 Å². The van der Waals surface area contributed by atoms with E-state index in [1.54, 1.807) is 43.3 Å². The predicted octanol–water partition coefficient (Wildman–Crippen LogP) is 4.42. The number of ether oxygens (including phenoxy) is 2. The Morgan fingerprint density at radius 2 is 1.87 bits per heavy atom. The minimum absolute atomic E-state index is 0.258. The number of methoxy groups -OCH3 is 1. The molecule has 1 heterocycles. The molecule has 30 heavy (non-hydrogen) atoms. The SMILES string of the molecule is COc1ccccc1C(=O)COC(=O)/C=C/c1c(C)nn(-c2ccc(F)cc2)c1Cl. The first-order chi connectivity index (χ1) is 14.4. The summed E-state index contributed by atoms with van der Waals surface area (Å²) in [4.78, 5) is 24.3. The van der Waals surface area contributed by atoms with Gasteiger partial charge in [0.1, 0.15) is 16.7 Å². The summed E-state index contributed by atoms with van der Waals surface area (Å²) in [5, 5.41) is 4.57. The second-order valence-corrected chi connectivity index (χ2v) is 6.60. The van der Waals surface area contributed by atoms with E-state index in [1.165, 1.54) is 36.1 Å². The minimum atomic E-state index is -0.705. The lowest BCUT2D eigenvalue weighted by Gasteiger charge is -2.07. The molecule has 0 unspecified atom stereocenters. The first-order valence-corrected chi connectivity index (χ1v) is 9.30. The number of ketones is 1. The van der Waals surface area contributed by atoms with Gasteiger partial charge in [0.2, 0.25) is 5.78 Å². The number of rotatable bonds is 7. The van der Waals surface area contributed by atoms with Gasteiger partial charge in [0.25, 0.3) is 0 Å². The zero-order valence-corrected chi connectivity index (χ0v) is 17.0. The van der Waals surface area contributed by atoms with E-state index in [9.17, 15) is 14.0 Å². The molecule has 0 N–H and O–H groups in total. The first kappa shape index (κ1) is 21.3. The van der Waals surface area contributed by atoms with Crippen LogP contribution in [0.15, 0.2) is 54.6 Å². The molecule has 0 saturated carbocycles. The van der Waals surface area contributed by atoms with Gasteiger partial charge in [0, 0.05) is 11.6 Å². The molecular weight excluding hydrogens is 411 g/mol. The molecule has 0 radical (unpaired) electrons. The Morgan fingerprint density at radius 1 is 1.17 bits per heavy atom. The molecular formula is C22H18ClFN2O4. The van der Waals surface area contributed by atoms with Crippen LogP contribution >= 0.6 is 11.6 Å². The highest BCUT2D eigenvalue weighted by Gasteiger charge is 2.15. The van der Waals surface area contributed by atoms with Crippen molar-refractivity contribution >= 4 is 29.4 Å². The normalized spacial score (nSPS) is 10.9. The number of carbonyl (C=O) groups is 2. The molecule has 0 amide bonds. The van der Waals surface area contributed by atoms with Crippen molar-refractivity contribution in [2.24, 2.45) is 0 Å². The van der Waals surface area contributed by atoms with Crippen molar-refractivity contribution in [3.8, 4) is 11.4 Å². The van der Waals surface area contributed by atoms with Gasteiger partial charge in [0.15, 0.2) is 6.61 Å². The van der Waals surface area contributed by atoms with Crippen LogP contribution < -0.4 is 4.74 Å². The standard InChI is InChI=1S/C22H18ClFN2O4/c1-14-17(22(23)26(25-14)16-9-7-15(24)8-10-16)11-12-21(28)30-13-19(27)18-5-3-4-6-20(18)29-2/h3-12H,13H2,1-2H3/b12-11+. The van der Waals surface area contributed by atoms with E-state index in [4.69, 9.17) is 21.1 Å². The maximum Gasteiger partial charge on any atom is 0.331 e. The van der Waals surface area contributed by atoms with Crippen LogP contribution in [0.25, 0.3) is 11.8 Å². The summed E-state index contributed by atoms with van der Waals surface area (Å²) in [6.45, 7) is 1.30. The highest BCUT2D eigenvalue weighted by Crippen LogP contribution is 2.25. The van der Waals surface area contributed by atoms with E-state index >= 15 is 0 Å². The van der Waals surface area contributed by atoms with Crippen LogP contribution in [0.1, 0.15) is 21.6 Å². The summed E-state index contributed by atoms with van der Waals surface area (Å²) >= 11 is 6.36. The Hall–Kier alpha value is -3.45. The lowest BCUT2D eigenvalue weighted by atomic mass is 10.1. The number of nitrogens with zero attached hydrogens (tertiary/aromatic N) is 2. The van der Waals surface area contributed by atoms with Crippen molar-refractivity contribution in [1.29, 1.82) is 0 Å². The fraction of sp³-hybridized carbons (Fsp3) is 0.136. The van der Waals surface area contributed by atoms with Gasteiger partial charge in [-0.25, -0.2) is 13.9 Å². The van der Waals surface area contributed by atoms with Gasteiger partial charge < -0.3 is 9.47 Å². The maximum atomic E-state index is 13.1. The Kier molecular flexibility index (Phi) is 6.64. The second kappa shape index (κ2) is 9.37. The van der Waals surface area contributed by atoms with Gasteiger partial charge >= 0.3 is 5.97 Å². The van der Waals surface area contributed by atoms with Gasteiger partial charge in [-0.3, -0.25) is 4.79 Å². The van der Waals surface area contributed by atoms with E-state index in [0.717, 1.165) is 0 Å². The predicted molar refractivity (Wildman–Crippen MR) is 111 cm³/mol. The summed E-state index contributed by atoms with van der Waals surface area (Å²) in [6.07, 6.45) is 2.63. The lowest BCUT2D eigenvalue weighted by molar-refractivity contribution is -0.136. The Bertz CT molecular complexity index is 1110.